The number of benzene rings is 16. The number of hydrogen-bond acceptors (Lipinski definition) is 4. The molecule has 2 aliphatic carbocycles. The normalized spacial score (nSPS) is 14.3. The third kappa shape index (κ3) is 12.0. The van der Waals surface area contributed by atoms with E-state index >= 15 is 8.78 Å². The van der Waals surface area contributed by atoms with Gasteiger partial charge in [-0.2, -0.15) is 0 Å². The summed E-state index contributed by atoms with van der Waals surface area (Å²) < 4.78 is 45.6. The van der Waals surface area contributed by atoms with E-state index in [0.717, 1.165) is 146 Å². The van der Waals surface area contributed by atoms with Crippen LogP contribution in [0.1, 0.15) is 66.8 Å². The molecule has 2 atom stereocenters. The Balaban J connectivity index is 0.735. The van der Waals surface area contributed by atoms with Crippen LogP contribution in [0.5, 0.6) is 23.0 Å². The maximum atomic E-state index is 16.3. The molecule has 6 heteroatoms. The van der Waals surface area contributed by atoms with Crippen molar-refractivity contribution in [1.29, 1.82) is 0 Å². The second-order valence-corrected chi connectivity index (χ2v) is 28.4. The molecule has 110 heavy (non-hydrogen) atoms. The predicted octanol–water partition coefficient (Wildman–Crippen LogP) is 28.1. The molecule has 0 saturated carbocycles. The third-order valence-electron chi connectivity index (χ3n) is 22.1. The van der Waals surface area contributed by atoms with Crippen LogP contribution in [0.4, 0.5) is 42.9 Å². The molecule has 16 aromatic carbocycles. The van der Waals surface area contributed by atoms with Crippen LogP contribution >= 0.6 is 0 Å². The first-order chi connectivity index (χ1) is 54.0. The number of fused-ring (bicyclic) bond motifs is 6. The van der Waals surface area contributed by atoms with E-state index in [2.05, 4.69) is 314 Å². The molecule has 0 spiro atoms. The van der Waals surface area contributed by atoms with Gasteiger partial charge < -0.3 is 19.3 Å². The fourth-order valence-corrected chi connectivity index (χ4v) is 16.6. The van der Waals surface area contributed by atoms with Crippen molar-refractivity contribution in [3.8, 4) is 78.6 Å². The highest BCUT2D eigenvalue weighted by Crippen LogP contribution is 2.61. The number of rotatable bonds is 19. The van der Waals surface area contributed by atoms with Crippen molar-refractivity contribution in [3.63, 3.8) is 0 Å². The second kappa shape index (κ2) is 28.4. The minimum Gasteiger partial charge on any atom is -0.457 e. The summed E-state index contributed by atoms with van der Waals surface area (Å²) in [5.74, 6) is 2.29. The van der Waals surface area contributed by atoms with Crippen LogP contribution in [-0.2, 0) is 10.8 Å². The van der Waals surface area contributed by atoms with Crippen LogP contribution in [0.3, 0.4) is 0 Å². The van der Waals surface area contributed by atoms with Gasteiger partial charge in [0.05, 0.1) is 10.8 Å². The molecule has 18 rings (SSSR count). The number of aryl methyl sites for hydroxylation is 2. The van der Waals surface area contributed by atoms with Crippen molar-refractivity contribution in [2.45, 2.75) is 24.7 Å². The van der Waals surface area contributed by atoms with Crippen LogP contribution in [0.2, 0.25) is 0 Å². The zero-order valence-electron chi connectivity index (χ0n) is 60.8. The van der Waals surface area contributed by atoms with Crippen LogP contribution in [0, 0.1) is 25.5 Å². The maximum absolute atomic E-state index is 16.3. The van der Waals surface area contributed by atoms with Gasteiger partial charge in [0.15, 0.2) is 0 Å². The van der Waals surface area contributed by atoms with Crippen LogP contribution in [-0.4, -0.2) is 0 Å². The van der Waals surface area contributed by atoms with E-state index in [0.29, 0.717) is 34.0 Å². The number of hydrogen-bond donors (Lipinski definition) is 0. The Morgan fingerprint density at radius 3 is 0.855 bits per heavy atom. The number of nitrogens with zero attached hydrogens (tertiary/aromatic N) is 2. The lowest BCUT2D eigenvalue weighted by Gasteiger charge is -2.35. The molecule has 0 bridgehead atoms. The summed E-state index contributed by atoms with van der Waals surface area (Å²) in [5, 5.41) is 0. The van der Waals surface area contributed by atoms with Crippen molar-refractivity contribution in [2.24, 2.45) is 0 Å². The fraction of sp³-hybridized carbons (Fsp3) is 0.0385. The van der Waals surface area contributed by atoms with Gasteiger partial charge in [-0.1, -0.05) is 268 Å². The Bertz CT molecular complexity index is 5750. The highest BCUT2D eigenvalue weighted by atomic mass is 19.1. The average Bonchev–Trinajstić information content (AvgIpc) is 1.53. The van der Waals surface area contributed by atoms with Crippen molar-refractivity contribution in [1.82, 2.24) is 0 Å². The third-order valence-corrected chi connectivity index (χ3v) is 22.1. The van der Waals surface area contributed by atoms with Gasteiger partial charge in [0.1, 0.15) is 34.6 Å². The summed E-state index contributed by atoms with van der Waals surface area (Å²) in [5.41, 5.74) is 26.0. The van der Waals surface area contributed by atoms with E-state index in [4.69, 9.17) is 9.47 Å². The lowest BCUT2D eigenvalue weighted by molar-refractivity contribution is 0.482. The minimum atomic E-state index is -0.823. The van der Waals surface area contributed by atoms with Crippen molar-refractivity contribution >= 4 is 46.3 Å². The molecule has 4 nitrogen and oxygen atoms in total. The number of ether oxygens (including phenoxy) is 2. The van der Waals surface area contributed by atoms with Crippen LogP contribution in [0.25, 0.3) is 67.8 Å². The van der Waals surface area contributed by atoms with Gasteiger partial charge in [-0.15, -0.1) is 0 Å². The van der Waals surface area contributed by atoms with Crippen molar-refractivity contribution in [3.05, 3.63) is 468 Å². The van der Waals surface area contributed by atoms with Crippen LogP contribution in [0.15, 0.2) is 389 Å². The molecular formula is C104H74F2N2O2. The molecule has 2 aliphatic rings. The zero-order chi connectivity index (χ0) is 74.5. The molecule has 2 unspecified atom stereocenters. The highest BCUT2D eigenvalue weighted by molar-refractivity contribution is 5.94. The smallest absolute Gasteiger partial charge is 0.128 e. The Morgan fingerprint density at radius 2 is 0.518 bits per heavy atom. The predicted molar refractivity (Wildman–Crippen MR) is 449 cm³/mol. The highest BCUT2D eigenvalue weighted by Gasteiger charge is 2.49. The zero-order valence-corrected chi connectivity index (χ0v) is 60.8. The van der Waals surface area contributed by atoms with E-state index in [1.807, 2.05) is 84.9 Å². The Hall–Kier alpha value is -13.9. The monoisotopic (exact) mass is 1420 g/mol. The summed E-state index contributed by atoms with van der Waals surface area (Å²) in [7, 11) is 0. The number of halogens is 2. The van der Waals surface area contributed by atoms with Crippen molar-refractivity contribution in [2.75, 3.05) is 9.80 Å². The molecule has 0 radical (unpaired) electrons. The molecule has 0 aromatic heterocycles. The quantitative estimate of drug-likeness (QED) is 0.0806. The first-order valence-corrected chi connectivity index (χ1v) is 37.2. The summed E-state index contributed by atoms with van der Waals surface area (Å²) in [6.07, 6.45) is 3.65. The standard InChI is InChI=1S/C104H74F2N2O2/c1-5-71-29-51-89(52-30-71)109-91-55-39-81(40-56-91)103(79-23-15-9-16-24-79)97-63-77(73-19-11-7-12-20-73)37-59-93(97)95-61-49-85(65-99(95)103)107(87-43-27-69(3)101(105)67-87)83-45-33-75(34-46-83)76-35-47-84(48-36-76)108(88-44-28-70(4)102(106)68-88)86-50-62-96-94-60-38-78(74-21-13-8-14-22-74)64-98(94)104(100(96)66-86,80-25-17-10-18-26-80)82-41-57-92(58-42-82)110-90-53-31-72(6-2)32-54-90/h5-68H,1-2H2,3-4H3. The summed E-state index contributed by atoms with van der Waals surface area (Å²) in [6.45, 7) is 11.5. The molecule has 0 fully saturated rings. The second-order valence-electron chi connectivity index (χ2n) is 28.4. The van der Waals surface area contributed by atoms with Gasteiger partial charge in [-0.3, -0.25) is 0 Å². The molecular weight excluding hydrogens is 1350 g/mol. The summed E-state index contributed by atoms with van der Waals surface area (Å²) in [4.78, 5) is 4.32. The minimum absolute atomic E-state index is 0.299. The van der Waals surface area contributed by atoms with E-state index in [-0.39, 0.29) is 11.6 Å². The fourth-order valence-electron chi connectivity index (χ4n) is 16.6. The summed E-state index contributed by atoms with van der Waals surface area (Å²) in [6, 6.07) is 131. The first kappa shape index (κ1) is 67.9. The Morgan fingerprint density at radius 1 is 0.255 bits per heavy atom. The maximum Gasteiger partial charge on any atom is 0.128 e. The molecule has 0 N–H and O–H groups in total. The lowest BCUT2D eigenvalue weighted by Crippen LogP contribution is -2.29. The summed E-state index contributed by atoms with van der Waals surface area (Å²) >= 11 is 0. The van der Waals surface area contributed by atoms with Gasteiger partial charge in [0, 0.05) is 34.1 Å². The molecule has 0 saturated heterocycles. The lowest BCUT2D eigenvalue weighted by atomic mass is 9.67. The van der Waals surface area contributed by atoms with Gasteiger partial charge in [-0.25, -0.2) is 8.78 Å². The van der Waals surface area contributed by atoms with Gasteiger partial charge in [-0.05, 0) is 270 Å². The van der Waals surface area contributed by atoms with E-state index < -0.39 is 10.8 Å². The number of anilines is 6. The molecule has 16 aromatic rings. The molecule has 526 valence electrons. The first-order valence-electron chi connectivity index (χ1n) is 37.2. The largest absolute Gasteiger partial charge is 0.457 e. The van der Waals surface area contributed by atoms with E-state index in [1.54, 1.807) is 26.0 Å². The molecule has 0 heterocycles. The molecule has 0 aliphatic heterocycles. The van der Waals surface area contributed by atoms with E-state index in [1.165, 1.54) is 0 Å². The van der Waals surface area contributed by atoms with Gasteiger partial charge in [0.2, 0.25) is 0 Å². The van der Waals surface area contributed by atoms with E-state index in [9.17, 15) is 0 Å². The van der Waals surface area contributed by atoms with Crippen molar-refractivity contribution < 1.29 is 18.3 Å². The van der Waals surface area contributed by atoms with Gasteiger partial charge in [0.25, 0.3) is 0 Å². The SMILES string of the molecule is C=Cc1ccc(Oc2ccc(C3(c4ccccc4)c4cc(-c5ccccc5)ccc4-c4ccc(N(c5ccc(-c6ccc(N(c7ccc(C)c(F)c7)c7ccc8c(c7)C(c7ccccc7)(c7ccc(Oc9ccc(C=C)cc9)cc7)c7cc(-c9ccccc9)ccc7-8)cc6)cc5)c5ccc(C)c(F)c5)cc43)cc2)cc1. The van der Waals surface area contributed by atoms with Gasteiger partial charge >= 0.3 is 0 Å². The Kier molecular flexibility index (Phi) is 17.5. The average molecular weight is 1420 g/mol. The topological polar surface area (TPSA) is 24.9 Å². The Labute approximate surface area is 641 Å². The molecule has 0 amide bonds. The van der Waals surface area contributed by atoms with Crippen LogP contribution < -0.4 is 19.3 Å².